The predicted octanol–water partition coefficient (Wildman–Crippen LogP) is 7.68. The average Bonchev–Trinajstić information content (AvgIpc) is 3.11. The van der Waals surface area contributed by atoms with Gasteiger partial charge in [0.25, 0.3) is 0 Å². The maximum atomic E-state index is 4.84. The molecular weight excluding hydrogens is 402 g/mol. The van der Waals surface area contributed by atoms with Gasteiger partial charge in [-0.3, -0.25) is 0 Å². The first-order valence-electron chi connectivity index (χ1n) is 11.5. The summed E-state index contributed by atoms with van der Waals surface area (Å²) < 4.78 is 2.28. The van der Waals surface area contributed by atoms with Crippen LogP contribution in [-0.4, -0.2) is 14.5 Å². The highest BCUT2D eigenvalue weighted by molar-refractivity contribution is 6.19. The molecule has 0 unspecified atom stereocenters. The fourth-order valence-electron chi connectivity index (χ4n) is 5.32. The van der Waals surface area contributed by atoms with Gasteiger partial charge in [0.15, 0.2) is 0 Å². The first-order chi connectivity index (χ1) is 15.9. The summed E-state index contributed by atoms with van der Waals surface area (Å²) >= 11 is 0. The van der Waals surface area contributed by atoms with Crippen molar-refractivity contribution in [1.82, 2.24) is 14.5 Å². The van der Waals surface area contributed by atoms with E-state index in [1.807, 2.05) is 0 Å². The number of fused-ring (bicyclic) bond motifs is 6. The molecule has 0 spiro atoms. The van der Waals surface area contributed by atoms with Crippen molar-refractivity contribution in [1.29, 1.82) is 0 Å². The van der Waals surface area contributed by atoms with E-state index in [1.165, 1.54) is 38.0 Å². The van der Waals surface area contributed by atoms with Crippen molar-refractivity contribution in [2.45, 2.75) is 27.2 Å². The van der Waals surface area contributed by atoms with E-state index in [2.05, 4.69) is 105 Å². The lowest BCUT2D eigenvalue weighted by atomic mass is 9.85. The average molecular weight is 430 g/mol. The van der Waals surface area contributed by atoms with Gasteiger partial charge in [-0.1, -0.05) is 87.5 Å². The van der Waals surface area contributed by atoms with Gasteiger partial charge in [-0.15, -0.1) is 0 Å². The lowest BCUT2D eigenvalue weighted by molar-refractivity contribution is 0.412. The zero-order valence-corrected chi connectivity index (χ0v) is 19.6. The Labute approximate surface area is 193 Å². The van der Waals surface area contributed by atoms with Crippen LogP contribution in [0.2, 0.25) is 0 Å². The molecule has 0 aliphatic carbocycles. The van der Waals surface area contributed by atoms with E-state index >= 15 is 0 Å². The maximum Gasteiger partial charge on any atom is 0.116 e. The molecule has 2 heterocycles. The fourth-order valence-corrected chi connectivity index (χ4v) is 5.32. The Morgan fingerprint density at radius 3 is 2.30 bits per heavy atom. The van der Waals surface area contributed by atoms with E-state index < -0.39 is 0 Å². The number of hydrogen-bond donors (Lipinski definition) is 0. The quantitative estimate of drug-likeness (QED) is 0.282. The Bertz CT molecular complexity index is 1680. The molecule has 0 saturated heterocycles. The summed E-state index contributed by atoms with van der Waals surface area (Å²) in [4.78, 5) is 9.57. The number of aryl methyl sites for hydroxylation is 1. The van der Waals surface area contributed by atoms with Crippen LogP contribution in [0.4, 0.5) is 0 Å². The third-order valence-electron chi connectivity index (χ3n) is 6.64. The van der Waals surface area contributed by atoms with E-state index in [0.717, 1.165) is 28.7 Å². The molecule has 0 amide bonds. The number of rotatable bonds is 2. The van der Waals surface area contributed by atoms with E-state index in [1.54, 1.807) is 6.33 Å². The van der Waals surface area contributed by atoms with Gasteiger partial charge in [-0.2, -0.15) is 0 Å². The normalized spacial score (nSPS) is 12.4. The van der Waals surface area contributed by atoms with Crippen molar-refractivity contribution < 1.29 is 0 Å². The highest BCUT2D eigenvalue weighted by atomic mass is 15.0. The van der Waals surface area contributed by atoms with E-state index in [-0.39, 0.29) is 5.41 Å². The van der Waals surface area contributed by atoms with Gasteiger partial charge in [-0.25, -0.2) is 9.97 Å². The Morgan fingerprint density at radius 1 is 0.697 bits per heavy atom. The zero-order valence-electron chi connectivity index (χ0n) is 19.6. The van der Waals surface area contributed by atoms with Crippen LogP contribution in [0.15, 0.2) is 79.1 Å². The topological polar surface area (TPSA) is 30.7 Å². The molecule has 3 nitrogen and oxygen atoms in total. The molecule has 162 valence electrons. The summed E-state index contributed by atoms with van der Waals surface area (Å²) in [6.07, 6.45) is 2.75. The summed E-state index contributed by atoms with van der Waals surface area (Å²) in [6, 6.07) is 26.2. The van der Waals surface area contributed by atoms with Gasteiger partial charge in [0, 0.05) is 23.4 Å². The van der Waals surface area contributed by atoms with Gasteiger partial charge < -0.3 is 4.57 Å². The monoisotopic (exact) mass is 429 g/mol. The van der Waals surface area contributed by atoms with Crippen LogP contribution in [0.5, 0.6) is 0 Å². The highest BCUT2D eigenvalue weighted by Gasteiger charge is 2.19. The van der Waals surface area contributed by atoms with Crippen LogP contribution in [0.1, 0.15) is 26.3 Å². The second-order valence-electron chi connectivity index (χ2n) is 10.2. The van der Waals surface area contributed by atoms with Crippen LogP contribution >= 0.6 is 0 Å². The van der Waals surface area contributed by atoms with Crippen molar-refractivity contribution in [3.05, 3.63) is 84.7 Å². The summed E-state index contributed by atoms with van der Waals surface area (Å²) in [7, 11) is 2.14. The van der Waals surface area contributed by atoms with Gasteiger partial charge in [-0.05, 0) is 39.6 Å². The van der Waals surface area contributed by atoms with Crippen LogP contribution < -0.4 is 0 Å². The van der Waals surface area contributed by atoms with Gasteiger partial charge >= 0.3 is 0 Å². The van der Waals surface area contributed by atoms with Crippen LogP contribution in [0.3, 0.4) is 0 Å². The molecule has 0 saturated carbocycles. The largest absolute Gasteiger partial charge is 0.340 e. The third-order valence-corrected chi connectivity index (χ3v) is 6.64. The molecule has 0 aliphatic heterocycles. The van der Waals surface area contributed by atoms with Crippen molar-refractivity contribution in [2.24, 2.45) is 12.5 Å². The first kappa shape index (κ1) is 19.9. The number of nitrogens with zero attached hydrogens (tertiary/aromatic N) is 3. The minimum atomic E-state index is 0.226. The number of hydrogen-bond acceptors (Lipinski definition) is 2. The Hall–Kier alpha value is -3.72. The van der Waals surface area contributed by atoms with Crippen molar-refractivity contribution in [3.8, 4) is 11.3 Å². The molecule has 6 aromatic rings. The second kappa shape index (κ2) is 7.14. The van der Waals surface area contributed by atoms with Crippen LogP contribution in [-0.2, 0) is 13.5 Å². The summed E-state index contributed by atoms with van der Waals surface area (Å²) in [5.41, 5.74) is 7.05. The molecule has 6 rings (SSSR count). The molecule has 0 N–H and O–H groups in total. The summed E-state index contributed by atoms with van der Waals surface area (Å²) in [5, 5.41) is 6.20. The molecule has 2 aromatic heterocycles. The zero-order chi connectivity index (χ0) is 22.7. The molecule has 0 bridgehead atoms. The predicted molar refractivity (Wildman–Crippen MR) is 140 cm³/mol. The Balaban J connectivity index is 1.69. The lowest BCUT2D eigenvalue weighted by Crippen LogP contribution is -2.09. The fraction of sp³-hybridized carbons (Fsp3) is 0.200. The van der Waals surface area contributed by atoms with Crippen LogP contribution in [0.25, 0.3) is 54.7 Å². The molecular formula is C30H27N3. The third kappa shape index (κ3) is 3.11. The molecule has 0 fully saturated rings. The SMILES string of the molecule is Cn1c2c(-c3cccc4c(CC(C)(C)C)cccc34)ncnc2c2ccc3ccccc3c21. The van der Waals surface area contributed by atoms with Crippen LogP contribution in [0, 0.1) is 5.41 Å². The molecule has 0 radical (unpaired) electrons. The molecule has 3 heteroatoms. The molecule has 33 heavy (non-hydrogen) atoms. The minimum absolute atomic E-state index is 0.226. The van der Waals surface area contributed by atoms with E-state index in [4.69, 9.17) is 9.97 Å². The first-order valence-corrected chi connectivity index (χ1v) is 11.5. The summed E-state index contributed by atoms with van der Waals surface area (Å²) in [5.74, 6) is 0. The molecule has 0 atom stereocenters. The Morgan fingerprint density at radius 2 is 1.45 bits per heavy atom. The Kier molecular flexibility index (Phi) is 4.31. The lowest BCUT2D eigenvalue weighted by Gasteiger charge is -2.20. The maximum absolute atomic E-state index is 4.84. The van der Waals surface area contributed by atoms with Gasteiger partial charge in [0.1, 0.15) is 11.8 Å². The van der Waals surface area contributed by atoms with Gasteiger partial charge in [0.05, 0.1) is 16.7 Å². The van der Waals surface area contributed by atoms with Crippen molar-refractivity contribution >= 4 is 43.5 Å². The smallest absolute Gasteiger partial charge is 0.116 e. The molecule has 4 aromatic carbocycles. The number of aromatic nitrogens is 3. The van der Waals surface area contributed by atoms with Gasteiger partial charge in [0.2, 0.25) is 0 Å². The summed E-state index contributed by atoms with van der Waals surface area (Å²) in [6.45, 7) is 6.89. The van der Waals surface area contributed by atoms with Crippen molar-refractivity contribution in [2.75, 3.05) is 0 Å². The second-order valence-corrected chi connectivity index (χ2v) is 10.2. The number of benzene rings is 4. The van der Waals surface area contributed by atoms with E-state index in [0.29, 0.717) is 0 Å². The minimum Gasteiger partial charge on any atom is -0.340 e. The molecule has 0 aliphatic rings. The standard InChI is InChI=1S/C30H27N3/c1-30(2,3)17-20-10-7-13-23-21(20)12-8-14-24(23)26-29-27(32-18-31-26)25-16-15-19-9-5-6-11-22(19)28(25)33(29)4/h5-16,18H,17H2,1-4H3. The van der Waals surface area contributed by atoms with Crippen molar-refractivity contribution in [3.63, 3.8) is 0 Å². The van der Waals surface area contributed by atoms with E-state index in [9.17, 15) is 0 Å². The highest BCUT2D eigenvalue weighted by Crippen LogP contribution is 2.39.